The molecule has 1 aliphatic carbocycles. The van der Waals surface area contributed by atoms with E-state index in [1.54, 1.807) is 11.8 Å². The summed E-state index contributed by atoms with van der Waals surface area (Å²) >= 11 is 0. The topological polar surface area (TPSA) is 95.9 Å². The number of hydrogen-bond donors (Lipinski definition) is 2. The standard InChI is InChI=1S/C28H34N2O5/c1-3-9-19(16-26(31)30-15-8-14-20(18(30)2)27(32)33)29-28(34)35-17-25-23-12-6-4-10-21(23)22-11-5-7-13-24(22)25/h4-7,10-13,18-20,25H,3,8-9,14-17H2,1-2H3,(H,29,34)(H,32,33)/t18?,19-,20?/m1/s1. The number of ether oxygens (including phenoxy) is 1. The van der Waals surface area contributed by atoms with Crippen LogP contribution in [0.5, 0.6) is 0 Å². The van der Waals surface area contributed by atoms with Crippen molar-refractivity contribution >= 4 is 18.0 Å². The lowest BCUT2D eigenvalue weighted by molar-refractivity contribution is -0.149. The van der Waals surface area contributed by atoms with Crippen molar-refractivity contribution in [2.75, 3.05) is 13.2 Å². The van der Waals surface area contributed by atoms with Crippen LogP contribution in [0.3, 0.4) is 0 Å². The number of alkyl carbamates (subject to hydrolysis) is 1. The maximum absolute atomic E-state index is 13.0. The molecule has 0 spiro atoms. The second kappa shape index (κ2) is 10.9. The Kier molecular flexibility index (Phi) is 7.73. The van der Waals surface area contributed by atoms with Crippen molar-refractivity contribution in [2.45, 2.75) is 64.0 Å². The van der Waals surface area contributed by atoms with E-state index in [0.717, 1.165) is 17.5 Å². The van der Waals surface area contributed by atoms with E-state index in [-0.39, 0.29) is 36.9 Å². The van der Waals surface area contributed by atoms with E-state index in [1.807, 2.05) is 31.2 Å². The number of benzene rings is 2. The molecule has 1 aliphatic heterocycles. The van der Waals surface area contributed by atoms with Crippen LogP contribution in [0.25, 0.3) is 11.1 Å². The van der Waals surface area contributed by atoms with Gasteiger partial charge < -0.3 is 20.1 Å². The molecule has 2 amide bonds. The number of nitrogens with zero attached hydrogens (tertiary/aromatic N) is 1. The number of carbonyl (C=O) groups is 3. The van der Waals surface area contributed by atoms with E-state index in [9.17, 15) is 19.5 Å². The zero-order valence-corrected chi connectivity index (χ0v) is 20.4. The van der Waals surface area contributed by atoms with E-state index < -0.39 is 18.0 Å². The average Bonchev–Trinajstić information content (AvgIpc) is 3.16. The van der Waals surface area contributed by atoms with E-state index in [2.05, 4.69) is 29.6 Å². The van der Waals surface area contributed by atoms with Gasteiger partial charge in [-0.2, -0.15) is 0 Å². The molecule has 7 nitrogen and oxygen atoms in total. The molecule has 2 aromatic carbocycles. The summed E-state index contributed by atoms with van der Waals surface area (Å²) in [6.45, 7) is 4.56. The molecule has 2 aromatic rings. The van der Waals surface area contributed by atoms with Crippen LogP contribution < -0.4 is 5.32 Å². The average molecular weight is 479 g/mol. The number of aliphatic carboxylic acids is 1. The Labute approximate surface area is 206 Å². The van der Waals surface area contributed by atoms with Gasteiger partial charge >= 0.3 is 12.1 Å². The second-order valence-corrected chi connectivity index (χ2v) is 9.57. The van der Waals surface area contributed by atoms with Gasteiger partial charge in [-0.25, -0.2) is 4.79 Å². The molecular weight excluding hydrogens is 444 g/mol. The largest absolute Gasteiger partial charge is 0.481 e. The fourth-order valence-corrected chi connectivity index (χ4v) is 5.53. The highest BCUT2D eigenvalue weighted by Crippen LogP contribution is 2.44. The molecule has 0 bridgehead atoms. The molecule has 2 aliphatic rings. The van der Waals surface area contributed by atoms with E-state index in [0.29, 0.717) is 25.8 Å². The van der Waals surface area contributed by atoms with Crippen LogP contribution in [0.15, 0.2) is 48.5 Å². The molecule has 1 heterocycles. The number of likely N-dealkylation sites (tertiary alicyclic amines) is 1. The number of fused-ring (bicyclic) bond motifs is 3. The van der Waals surface area contributed by atoms with Crippen molar-refractivity contribution in [3.8, 4) is 11.1 Å². The number of carbonyl (C=O) groups excluding carboxylic acids is 2. The molecule has 3 atom stereocenters. The second-order valence-electron chi connectivity index (χ2n) is 9.57. The smallest absolute Gasteiger partial charge is 0.407 e. The van der Waals surface area contributed by atoms with Gasteiger partial charge in [0.15, 0.2) is 0 Å². The number of hydrogen-bond acceptors (Lipinski definition) is 4. The molecule has 35 heavy (non-hydrogen) atoms. The van der Waals surface area contributed by atoms with Gasteiger partial charge in [0.1, 0.15) is 6.61 Å². The van der Waals surface area contributed by atoms with Crippen LogP contribution in [0.4, 0.5) is 4.79 Å². The first-order valence-electron chi connectivity index (χ1n) is 12.5. The SMILES string of the molecule is CCC[C@H](CC(=O)N1CCCC(C(=O)O)C1C)NC(=O)OCC1c2ccccc2-c2ccccc21. The van der Waals surface area contributed by atoms with Crippen LogP contribution >= 0.6 is 0 Å². The summed E-state index contributed by atoms with van der Waals surface area (Å²) in [5.74, 6) is -1.56. The van der Waals surface area contributed by atoms with Crippen LogP contribution in [0, 0.1) is 5.92 Å². The lowest BCUT2D eigenvalue weighted by Crippen LogP contribution is -2.50. The third-order valence-electron chi connectivity index (χ3n) is 7.35. The molecule has 2 N–H and O–H groups in total. The minimum absolute atomic E-state index is 0.0263. The minimum atomic E-state index is -0.864. The Morgan fingerprint density at radius 3 is 2.31 bits per heavy atom. The number of piperidine rings is 1. The molecule has 186 valence electrons. The van der Waals surface area contributed by atoms with E-state index in [1.165, 1.54) is 11.1 Å². The maximum Gasteiger partial charge on any atom is 0.407 e. The van der Waals surface area contributed by atoms with Gasteiger partial charge in [0.2, 0.25) is 5.91 Å². The summed E-state index contributed by atoms with van der Waals surface area (Å²) in [7, 11) is 0. The fraction of sp³-hybridized carbons (Fsp3) is 0.464. The minimum Gasteiger partial charge on any atom is -0.481 e. The van der Waals surface area contributed by atoms with Crippen molar-refractivity contribution < 1.29 is 24.2 Å². The number of nitrogens with one attached hydrogen (secondary N) is 1. The summed E-state index contributed by atoms with van der Waals surface area (Å²) in [6, 6.07) is 15.6. The van der Waals surface area contributed by atoms with Crippen LogP contribution in [0.2, 0.25) is 0 Å². The fourth-order valence-electron chi connectivity index (χ4n) is 5.53. The third kappa shape index (κ3) is 5.34. The number of rotatable bonds is 8. The number of carboxylic acids is 1. The van der Waals surface area contributed by atoms with Gasteiger partial charge in [-0.1, -0.05) is 61.9 Å². The molecular formula is C28H34N2O5. The molecule has 7 heteroatoms. The van der Waals surface area contributed by atoms with Crippen molar-refractivity contribution in [3.63, 3.8) is 0 Å². The maximum atomic E-state index is 13.0. The van der Waals surface area contributed by atoms with Gasteiger partial charge in [-0.3, -0.25) is 9.59 Å². The molecule has 0 radical (unpaired) electrons. The predicted octanol–water partition coefficient (Wildman–Crippen LogP) is 4.80. The van der Waals surface area contributed by atoms with Gasteiger partial charge in [-0.15, -0.1) is 0 Å². The Balaban J connectivity index is 1.36. The van der Waals surface area contributed by atoms with Crippen molar-refractivity contribution in [1.82, 2.24) is 10.2 Å². The molecule has 4 rings (SSSR count). The lowest BCUT2D eigenvalue weighted by Gasteiger charge is -2.38. The van der Waals surface area contributed by atoms with Crippen molar-refractivity contribution in [1.29, 1.82) is 0 Å². The number of amides is 2. The Bertz CT molecular complexity index is 1040. The molecule has 1 fully saturated rings. The summed E-state index contributed by atoms with van der Waals surface area (Å²) in [5, 5.41) is 12.3. The van der Waals surface area contributed by atoms with Crippen molar-refractivity contribution in [3.05, 3.63) is 59.7 Å². The summed E-state index contributed by atoms with van der Waals surface area (Å²) in [5.41, 5.74) is 4.63. The van der Waals surface area contributed by atoms with Gasteiger partial charge in [0.05, 0.1) is 5.92 Å². The zero-order chi connectivity index (χ0) is 24.9. The van der Waals surface area contributed by atoms with Crippen LogP contribution in [-0.2, 0) is 14.3 Å². The van der Waals surface area contributed by atoms with Crippen molar-refractivity contribution in [2.24, 2.45) is 5.92 Å². The Morgan fingerprint density at radius 1 is 1.09 bits per heavy atom. The number of carboxylic acid groups (broad SMARTS) is 1. The van der Waals surface area contributed by atoms with Gasteiger partial charge in [-0.05, 0) is 48.4 Å². The first-order chi connectivity index (χ1) is 16.9. The Morgan fingerprint density at radius 2 is 1.71 bits per heavy atom. The summed E-state index contributed by atoms with van der Waals surface area (Å²) < 4.78 is 5.66. The zero-order valence-electron chi connectivity index (χ0n) is 20.4. The highest BCUT2D eigenvalue weighted by atomic mass is 16.5. The summed E-state index contributed by atoms with van der Waals surface area (Å²) in [4.78, 5) is 38.9. The van der Waals surface area contributed by atoms with Crippen LogP contribution in [0.1, 0.15) is 63.0 Å². The van der Waals surface area contributed by atoms with Gasteiger partial charge in [0, 0.05) is 31.0 Å². The van der Waals surface area contributed by atoms with Gasteiger partial charge in [0.25, 0.3) is 0 Å². The third-order valence-corrected chi connectivity index (χ3v) is 7.35. The first-order valence-corrected chi connectivity index (χ1v) is 12.5. The molecule has 0 aromatic heterocycles. The normalized spacial score (nSPS) is 20.0. The highest BCUT2D eigenvalue weighted by Gasteiger charge is 2.36. The van der Waals surface area contributed by atoms with E-state index >= 15 is 0 Å². The summed E-state index contributed by atoms with van der Waals surface area (Å²) in [6.07, 6.45) is 2.29. The monoisotopic (exact) mass is 478 g/mol. The first kappa shape index (κ1) is 24.8. The van der Waals surface area contributed by atoms with E-state index in [4.69, 9.17) is 4.74 Å². The lowest BCUT2D eigenvalue weighted by atomic mass is 9.90. The molecule has 0 saturated carbocycles. The molecule has 1 saturated heterocycles. The van der Waals surface area contributed by atoms with Crippen LogP contribution in [-0.4, -0.2) is 53.2 Å². The molecule has 2 unspecified atom stereocenters. The highest BCUT2D eigenvalue weighted by molar-refractivity contribution is 5.81. The quantitative estimate of drug-likeness (QED) is 0.568. The predicted molar refractivity (Wildman–Crippen MR) is 133 cm³/mol. The Hall–Kier alpha value is -3.35.